The number of carbonyl (C=O) groups excluding carboxylic acids is 1. The molecule has 1 atom stereocenters. The average Bonchev–Trinajstić information content (AvgIpc) is 2.45. The molecule has 0 aromatic rings. The summed E-state index contributed by atoms with van der Waals surface area (Å²) in [6, 6.07) is 0.419. The van der Waals surface area contributed by atoms with Gasteiger partial charge in [-0.3, -0.25) is 14.5 Å². The lowest BCUT2D eigenvalue weighted by Crippen LogP contribution is -2.48. The Bertz CT molecular complexity index is 351. The van der Waals surface area contributed by atoms with Crippen molar-refractivity contribution < 1.29 is 14.7 Å². The van der Waals surface area contributed by atoms with Gasteiger partial charge in [-0.2, -0.15) is 0 Å². The summed E-state index contributed by atoms with van der Waals surface area (Å²) in [6.45, 7) is 6.37. The van der Waals surface area contributed by atoms with Crippen LogP contribution in [0.2, 0.25) is 0 Å². The van der Waals surface area contributed by atoms with Crippen molar-refractivity contribution in [2.24, 2.45) is 5.92 Å². The van der Waals surface area contributed by atoms with Gasteiger partial charge in [0.25, 0.3) is 0 Å². The highest BCUT2D eigenvalue weighted by Crippen LogP contribution is 2.26. The molecule has 0 aliphatic heterocycles. The van der Waals surface area contributed by atoms with Gasteiger partial charge in [-0.1, -0.05) is 13.8 Å². The van der Waals surface area contributed by atoms with E-state index in [0.717, 1.165) is 25.2 Å². The Morgan fingerprint density at radius 1 is 1.19 bits per heavy atom. The van der Waals surface area contributed by atoms with Crippen LogP contribution in [-0.2, 0) is 9.59 Å². The first-order valence-electron chi connectivity index (χ1n) is 8.06. The lowest BCUT2D eigenvalue weighted by Gasteiger charge is -2.35. The number of carbonyl (C=O) groups is 2. The molecular formula is C16H30N2O3. The van der Waals surface area contributed by atoms with Gasteiger partial charge in [0.05, 0.1) is 13.1 Å². The predicted molar refractivity (Wildman–Crippen MR) is 83.2 cm³/mol. The molecule has 5 heteroatoms. The van der Waals surface area contributed by atoms with E-state index in [1.807, 2.05) is 25.8 Å². The molecule has 1 rings (SSSR count). The zero-order chi connectivity index (χ0) is 16.0. The minimum atomic E-state index is -0.878. The smallest absolute Gasteiger partial charge is 0.317 e. The Kier molecular flexibility index (Phi) is 7.15. The van der Waals surface area contributed by atoms with Crippen molar-refractivity contribution in [2.45, 2.75) is 65.0 Å². The molecule has 1 fully saturated rings. The van der Waals surface area contributed by atoms with Gasteiger partial charge >= 0.3 is 5.97 Å². The van der Waals surface area contributed by atoms with Crippen LogP contribution in [0, 0.1) is 5.92 Å². The van der Waals surface area contributed by atoms with E-state index in [-0.39, 0.29) is 25.0 Å². The van der Waals surface area contributed by atoms with E-state index in [2.05, 4.69) is 6.92 Å². The standard InChI is InChI=1S/C16H30N2O3/c1-5-13(3)18(11-16(20)21)10-15(19)17(4)14-8-6-12(2)7-9-14/h12-14H,5-11H2,1-4H3,(H,20,21). The van der Waals surface area contributed by atoms with Crippen molar-refractivity contribution in [1.82, 2.24) is 9.80 Å². The van der Waals surface area contributed by atoms with Gasteiger partial charge in [0.2, 0.25) is 5.91 Å². The number of carboxylic acid groups (broad SMARTS) is 1. The maximum atomic E-state index is 12.4. The number of rotatable bonds is 7. The molecule has 1 aliphatic carbocycles. The van der Waals surface area contributed by atoms with Gasteiger partial charge in [-0.25, -0.2) is 0 Å². The van der Waals surface area contributed by atoms with Crippen molar-refractivity contribution >= 4 is 11.9 Å². The van der Waals surface area contributed by atoms with Gasteiger partial charge in [-0.15, -0.1) is 0 Å². The molecule has 0 bridgehead atoms. The number of carboxylic acids is 1. The molecule has 0 heterocycles. The van der Waals surface area contributed by atoms with Crippen LogP contribution in [0.1, 0.15) is 52.9 Å². The van der Waals surface area contributed by atoms with Gasteiger partial charge in [0, 0.05) is 19.1 Å². The van der Waals surface area contributed by atoms with Crippen LogP contribution in [0.15, 0.2) is 0 Å². The average molecular weight is 298 g/mol. The summed E-state index contributed by atoms with van der Waals surface area (Å²) >= 11 is 0. The maximum absolute atomic E-state index is 12.4. The van der Waals surface area contributed by atoms with E-state index in [0.29, 0.717) is 6.04 Å². The fraction of sp³-hybridized carbons (Fsp3) is 0.875. The fourth-order valence-electron chi connectivity index (χ4n) is 2.92. The highest BCUT2D eigenvalue weighted by atomic mass is 16.4. The first-order chi connectivity index (χ1) is 9.85. The quantitative estimate of drug-likeness (QED) is 0.783. The number of likely N-dealkylation sites (N-methyl/N-ethyl adjacent to an activating group) is 1. The van der Waals surface area contributed by atoms with Gasteiger partial charge < -0.3 is 10.0 Å². The Hall–Kier alpha value is -1.10. The van der Waals surface area contributed by atoms with E-state index in [4.69, 9.17) is 5.11 Å². The van der Waals surface area contributed by atoms with E-state index < -0.39 is 5.97 Å². The number of hydrogen-bond acceptors (Lipinski definition) is 3. The molecule has 1 amide bonds. The summed E-state index contributed by atoms with van der Waals surface area (Å²) in [5.41, 5.74) is 0. The monoisotopic (exact) mass is 298 g/mol. The lowest BCUT2D eigenvalue weighted by molar-refractivity contribution is -0.141. The van der Waals surface area contributed by atoms with Crippen LogP contribution in [0.25, 0.3) is 0 Å². The second-order valence-electron chi connectivity index (χ2n) is 6.47. The third-order valence-corrected chi connectivity index (χ3v) is 4.82. The predicted octanol–water partition coefficient (Wildman–Crippen LogP) is 2.21. The first kappa shape index (κ1) is 18.0. The third kappa shape index (κ3) is 5.65. The van der Waals surface area contributed by atoms with Crippen molar-refractivity contribution in [3.63, 3.8) is 0 Å². The molecule has 21 heavy (non-hydrogen) atoms. The van der Waals surface area contributed by atoms with Gasteiger partial charge in [0.1, 0.15) is 0 Å². The normalized spacial score (nSPS) is 23.9. The SMILES string of the molecule is CCC(C)N(CC(=O)O)CC(=O)N(C)C1CCC(C)CC1. The number of amides is 1. The Morgan fingerprint density at radius 2 is 1.76 bits per heavy atom. The zero-order valence-corrected chi connectivity index (χ0v) is 13.8. The molecule has 0 radical (unpaired) electrons. The first-order valence-corrected chi connectivity index (χ1v) is 8.06. The molecule has 0 aromatic heterocycles. The molecule has 5 nitrogen and oxygen atoms in total. The Labute approximate surface area is 128 Å². The molecular weight excluding hydrogens is 268 g/mol. The van der Waals surface area contributed by atoms with E-state index in [1.54, 1.807) is 4.90 Å². The summed E-state index contributed by atoms with van der Waals surface area (Å²) in [6.07, 6.45) is 5.31. The number of nitrogens with zero attached hydrogens (tertiary/aromatic N) is 2. The molecule has 1 unspecified atom stereocenters. The molecule has 122 valence electrons. The highest BCUT2D eigenvalue weighted by molar-refractivity contribution is 5.79. The fourth-order valence-corrected chi connectivity index (χ4v) is 2.92. The van der Waals surface area contributed by atoms with E-state index >= 15 is 0 Å². The van der Waals surface area contributed by atoms with Crippen molar-refractivity contribution in [3.8, 4) is 0 Å². The van der Waals surface area contributed by atoms with Crippen LogP contribution in [0.5, 0.6) is 0 Å². The highest BCUT2D eigenvalue weighted by Gasteiger charge is 2.27. The van der Waals surface area contributed by atoms with Crippen LogP contribution in [0.3, 0.4) is 0 Å². The largest absolute Gasteiger partial charge is 0.480 e. The van der Waals surface area contributed by atoms with Crippen LogP contribution < -0.4 is 0 Å². The van der Waals surface area contributed by atoms with Crippen molar-refractivity contribution in [2.75, 3.05) is 20.1 Å². The Morgan fingerprint density at radius 3 is 2.24 bits per heavy atom. The summed E-state index contributed by atoms with van der Waals surface area (Å²) in [4.78, 5) is 27.0. The molecule has 0 aromatic carbocycles. The van der Waals surface area contributed by atoms with Gasteiger partial charge in [0.15, 0.2) is 0 Å². The minimum absolute atomic E-state index is 0.0381. The molecule has 0 saturated heterocycles. The van der Waals surface area contributed by atoms with Gasteiger partial charge in [-0.05, 0) is 44.9 Å². The van der Waals surface area contributed by atoms with E-state index in [9.17, 15) is 9.59 Å². The zero-order valence-electron chi connectivity index (χ0n) is 13.8. The molecule has 1 N–H and O–H groups in total. The van der Waals surface area contributed by atoms with Crippen LogP contribution >= 0.6 is 0 Å². The second kappa shape index (κ2) is 8.37. The van der Waals surface area contributed by atoms with E-state index in [1.165, 1.54) is 12.8 Å². The summed E-state index contributed by atoms with van der Waals surface area (Å²) in [5, 5.41) is 8.99. The Balaban J connectivity index is 2.57. The second-order valence-corrected chi connectivity index (χ2v) is 6.47. The molecule has 1 saturated carbocycles. The summed E-state index contributed by atoms with van der Waals surface area (Å²) < 4.78 is 0. The molecule has 0 spiro atoms. The van der Waals surface area contributed by atoms with Crippen molar-refractivity contribution in [3.05, 3.63) is 0 Å². The summed E-state index contributed by atoms with van der Waals surface area (Å²) in [7, 11) is 1.86. The van der Waals surface area contributed by atoms with Crippen LogP contribution in [0.4, 0.5) is 0 Å². The summed E-state index contributed by atoms with van der Waals surface area (Å²) in [5.74, 6) is -0.0817. The third-order valence-electron chi connectivity index (χ3n) is 4.82. The number of aliphatic carboxylic acids is 1. The lowest BCUT2D eigenvalue weighted by atomic mass is 9.87. The minimum Gasteiger partial charge on any atom is -0.480 e. The van der Waals surface area contributed by atoms with Crippen LogP contribution in [-0.4, -0.2) is 59.0 Å². The topological polar surface area (TPSA) is 60.9 Å². The molecule has 1 aliphatic rings. The number of hydrogen-bond donors (Lipinski definition) is 1. The van der Waals surface area contributed by atoms with Crippen molar-refractivity contribution in [1.29, 1.82) is 0 Å². The maximum Gasteiger partial charge on any atom is 0.317 e.